The number of carbonyl (C=O) groups excluding carboxylic acids is 3. The molecule has 4 amide bonds. The first-order chi connectivity index (χ1) is 23.5. The zero-order valence-electron chi connectivity index (χ0n) is 26.0. The van der Waals surface area contributed by atoms with Crippen molar-refractivity contribution in [2.45, 2.75) is 49.4 Å². The molecule has 1 aliphatic heterocycles. The molecule has 6 rings (SSSR count). The van der Waals surface area contributed by atoms with Gasteiger partial charge in [-0.3, -0.25) is 14.6 Å². The highest BCUT2D eigenvalue weighted by Gasteiger charge is 2.60. The summed E-state index contributed by atoms with van der Waals surface area (Å²) >= 11 is 0. The van der Waals surface area contributed by atoms with Crippen LogP contribution in [0.2, 0.25) is 0 Å². The van der Waals surface area contributed by atoms with Gasteiger partial charge in [-0.2, -0.15) is 13.2 Å². The number of nitrogens with two attached hydrogens (primary N) is 1. The molecule has 4 aromatic rings. The molecule has 1 saturated carbocycles. The van der Waals surface area contributed by atoms with Crippen LogP contribution in [0.15, 0.2) is 54.7 Å². The Morgan fingerprint density at radius 1 is 1.10 bits per heavy atom. The third-order valence-corrected chi connectivity index (χ3v) is 8.57. The van der Waals surface area contributed by atoms with Crippen molar-refractivity contribution in [1.29, 1.82) is 0 Å². The second kappa shape index (κ2) is 12.5. The number of alkyl halides is 5. The number of aromatic nitrogens is 2. The molecular formula is C33H28F6N6O5. The van der Waals surface area contributed by atoms with Crippen molar-refractivity contribution < 1.29 is 50.6 Å². The van der Waals surface area contributed by atoms with Gasteiger partial charge in [0.05, 0.1) is 23.4 Å². The smallest absolute Gasteiger partial charge is 0.424 e. The number of urea groups is 1. The van der Waals surface area contributed by atoms with Gasteiger partial charge >= 0.3 is 12.2 Å². The van der Waals surface area contributed by atoms with Gasteiger partial charge in [-0.05, 0) is 73.9 Å². The predicted octanol–water partition coefficient (Wildman–Crippen LogP) is 4.59. The lowest BCUT2D eigenvalue weighted by Gasteiger charge is -2.32. The number of pyridine rings is 2. The van der Waals surface area contributed by atoms with Crippen LogP contribution in [-0.4, -0.2) is 64.7 Å². The first kappa shape index (κ1) is 34.4. The molecule has 0 radical (unpaired) electrons. The predicted molar refractivity (Wildman–Crippen MR) is 166 cm³/mol. The first-order valence-electron chi connectivity index (χ1n) is 15.1. The van der Waals surface area contributed by atoms with Crippen LogP contribution in [0.5, 0.6) is 5.75 Å². The first-order valence-corrected chi connectivity index (χ1v) is 15.1. The molecule has 0 bridgehead atoms. The summed E-state index contributed by atoms with van der Waals surface area (Å²) in [6, 6.07) is 8.01. The van der Waals surface area contributed by atoms with E-state index in [2.05, 4.69) is 20.6 Å². The van der Waals surface area contributed by atoms with E-state index in [4.69, 9.17) is 10.5 Å². The Morgan fingerprint density at radius 3 is 2.42 bits per heavy atom. The molecule has 0 spiro atoms. The Balaban J connectivity index is 1.41. The maximum absolute atomic E-state index is 14.8. The number of halogens is 6. The number of fused-ring (bicyclic) bond motifs is 2. The van der Waals surface area contributed by atoms with Gasteiger partial charge < -0.3 is 31.5 Å². The quantitative estimate of drug-likeness (QED) is 0.159. The van der Waals surface area contributed by atoms with Gasteiger partial charge in [0.25, 0.3) is 12.3 Å². The third kappa shape index (κ3) is 6.12. The Morgan fingerprint density at radius 2 is 1.80 bits per heavy atom. The van der Waals surface area contributed by atoms with Crippen molar-refractivity contribution in [1.82, 2.24) is 20.6 Å². The van der Waals surface area contributed by atoms with Crippen molar-refractivity contribution >= 4 is 34.4 Å². The molecule has 11 nitrogen and oxygen atoms in total. The Kier molecular flexibility index (Phi) is 8.58. The van der Waals surface area contributed by atoms with Gasteiger partial charge in [0.15, 0.2) is 5.41 Å². The number of carbonyl (C=O) groups is 3. The molecule has 1 unspecified atom stereocenters. The lowest BCUT2D eigenvalue weighted by Crippen LogP contribution is -2.52. The van der Waals surface area contributed by atoms with Gasteiger partial charge in [0.1, 0.15) is 23.9 Å². The maximum atomic E-state index is 14.8. The van der Waals surface area contributed by atoms with Crippen LogP contribution in [0.3, 0.4) is 0 Å². The van der Waals surface area contributed by atoms with Crippen LogP contribution < -0.4 is 26.4 Å². The van der Waals surface area contributed by atoms with E-state index in [0.29, 0.717) is 22.5 Å². The standard InChI is InChI=1S/C33H28F6N6O5/c1-15-8-17-9-18(10-22(24(17)41-12-15)44-30(48)43-20-6-7-20)27(46)42-13-32(49,33(37,38)39)23-11-21-26(50-14-31(21,28(35)36)29(40)47)25(45-23)16-2-4-19(34)5-3-16/h2-5,8-12,20,28,49H,6-7,13-14H2,1H3,(H2,40,47)(H,42,46)(H2,43,44,48)/t31-,32?/m0/s1. The van der Waals surface area contributed by atoms with Gasteiger partial charge in [-0.1, -0.05) is 0 Å². The molecule has 2 aromatic carbocycles. The van der Waals surface area contributed by atoms with Gasteiger partial charge in [-0.25, -0.2) is 22.9 Å². The minimum atomic E-state index is -5.60. The minimum Gasteiger partial charge on any atom is -0.489 e. The molecule has 2 aromatic heterocycles. The number of hydrogen-bond donors (Lipinski definition) is 5. The molecule has 50 heavy (non-hydrogen) atoms. The van der Waals surface area contributed by atoms with Gasteiger partial charge in [0.2, 0.25) is 11.5 Å². The van der Waals surface area contributed by atoms with Crippen LogP contribution in [0.1, 0.15) is 40.0 Å². The second-order valence-electron chi connectivity index (χ2n) is 12.2. The minimum absolute atomic E-state index is 0.0141. The van der Waals surface area contributed by atoms with Crippen molar-refractivity contribution in [2.24, 2.45) is 5.73 Å². The van der Waals surface area contributed by atoms with Crippen LogP contribution in [0.25, 0.3) is 22.2 Å². The number of benzene rings is 2. The topological polar surface area (TPSA) is 169 Å². The molecule has 2 atom stereocenters. The normalized spacial score (nSPS) is 18.3. The molecule has 2 aliphatic rings. The average molecular weight is 703 g/mol. The Hall–Kier alpha value is -5.45. The number of aryl methyl sites for hydroxylation is 1. The van der Waals surface area contributed by atoms with E-state index in [-0.39, 0.29) is 22.9 Å². The average Bonchev–Trinajstić information content (AvgIpc) is 3.77. The van der Waals surface area contributed by atoms with E-state index in [0.717, 1.165) is 37.1 Å². The number of primary amides is 1. The molecule has 3 heterocycles. The molecule has 1 aliphatic carbocycles. The SMILES string of the molecule is Cc1cnc2c(NC(=O)NC3CC3)cc(C(=O)NCC(O)(c3cc4c(c(-c5ccc(F)cc5)n3)OC[C@@]4(C(N)=O)C(F)F)C(F)(F)F)cc2c1. The molecule has 17 heteroatoms. The molecular weight excluding hydrogens is 674 g/mol. The second-order valence-corrected chi connectivity index (χ2v) is 12.2. The lowest BCUT2D eigenvalue weighted by atomic mass is 9.80. The third-order valence-electron chi connectivity index (χ3n) is 8.57. The fourth-order valence-corrected chi connectivity index (χ4v) is 5.59. The highest BCUT2D eigenvalue weighted by atomic mass is 19.4. The van der Waals surface area contributed by atoms with Crippen LogP contribution in [0, 0.1) is 12.7 Å². The van der Waals surface area contributed by atoms with Gasteiger partial charge in [-0.15, -0.1) is 0 Å². The number of aliphatic hydroxyl groups is 1. The summed E-state index contributed by atoms with van der Waals surface area (Å²) in [6.07, 6.45) is -6.06. The summed E-state index contributed by atoms with van der Waals surface area (Å²) in [4.78, 5) is 46.6. The van der Waals surface area contributed by atoms with Crippen LogP contribution in [0.4, 0.5) is 36.8 Å². The van der Waals surface area contributed by atoms with Crippen molar-refractivity contribution in [3.8, 4) is 17.0 Å². The summed E-state index contributed by atoms with van der Waals surface area (Å²) in [6.45, 7) is -0.926. The number of anilines is 1. The fourth-order valence-electron chi connectivity index (χ4n) is 5.59. The summed E-state index contributed by atoms with van der Waals surface area (Å²) < 4.78 is 92.6. The summed E-state index contributed by atoms with van der Waals surface area (Å²) in [7, 11) is 0. The number of nitrogens with zero attached hydrogens (tertiary/aromatic N) is 2. The highest BCUT2D eigenvalue weighted by Crippen LogP contribution is 2.49. The summed E-state index contributed by atoms with van der Waals surface area (Å²) in [5.41, 5.74) is -3.48. The zero-order valence-corrected chi connectivity index (χ0v) is 26.0. The van der Waals surface area contributed by atoms with E-state index in [1.54, 1.807) is 13.0 Å². The van der Waals surface area contributed by atoms with E-state index in [9.17, 15) is 45.8 Å². The van der Waals surface area contributed by atoms with Crippen molar-refractivity contribution in [3.05, 3.63) is 82.9 Å². The lowest BCUT2D eigenvalue weighted by molar-refractivity contribution is -0.265. The Labute approximate surface area is 279 Å². The van der Waals surface area contributed by atoms with Crippen molar-refractivity contribution in [3.63, 3.8) is 0 Å². The largest absolute Gasteiger partial charge is 0.489 e. The molecule has 262 valence electrons. The van der Waals surface area contributed by atoms with E-state index in [1.807, 2.05) is 5.32 Å². The molecule has 1 fully saturated rings. The van der Waals surface area contributed by atoms with E-state index in [1.165, 1.54) is 18.3 Å². The number of amides is 4. The number of nitrogens with one attached hydrogen (secondary N) is 3. The van der Waals surface area contributed by atoms with Crippen molar-refractivity contribution in [2.75, 3.05) is 18.5 Å². The summed E-state index contributed by atoms with van der Waals surface area (Å²) in [5, 5.41) is 19.0. The zero-order chi connectivity index (χ0) is 36.2. The monoisotopic (exact) mass is 702 g/mol. The van der Waals surface area contributed by atoms with Crippen LogP contribution in [-0.2, 0) is 15.8 Å². The fraction of sp³-hybridized carbons (Fsp3) is 0.303. The number of hydrogen-bond acceptors (Lipinski definition) is 7. The Bertz CT molecular complexity index is 2020. The molecule has 6 N–H and O–H groups in total. The van der Waals surface area contributed by atoms with E-state index < -0.39 is 83.1 Å². The summed E-state index contributed by atoms with van der Waals surface area (Å²) in [5.74, 6) is -3.99. The number of ether oxygens (including phenoxy) is 1. The van der Waals surface area contributed by atoms with Gasteiger partial charge in [0, 0.05) is 34.3 Å². The van der Waals surface area contributed by atoms with Crippen LogP contribution >= 0.6 is 0 Å². The number of rotatable bonds is 9. The maximum Gasteiger partial charge on any atom is 0.424 e. The highest BCUT2D eigenvalue weighted by molar-refractivity contribution is 6.05. The van der Waals surface area contributed by atoms with E-state index >= 15 is 0 Å². The molecule has 0 saturated heterocycles.